The maximum absolute atomic E-state index is 13.1. The van der Waals surface area contributed by atoms with E-state index in [4.69, 9.17) is 9.47 Å². The molecule has 7 nitrogen and oxygen atoms in total. The number of amides is 3. The summed E-state index contributed by atoms with van der Waals surface area (Å²) in [5.74, 6) is 0.723. The van der Waals surface area contributed by atoms with Crippen molar-refractivity contribution >= 4 is 17.8 Å². The molecule has 2 heterocycles. The third-order valence-corrected chi connectivity index (χ3v) is 5.83. The molecule has 29 heavy (non-hydrogen) atoms. The number of rotatable bonds is 3. The van der Waals surface area contributed by atoms with Crippen molar-refractivity contribution in [2.24, 2.45) is 0 Å². The molecule has 0 aromatic heterocycles. The van der Waals surface area contributed by atoms with E-state index in [2.05, 4.69) is 0 Å². The first kappa shape index (κ1) is 19.9. The zero-order valence-corrected chi connectivity index (χ0v) is 18.1. The van der Waals surface area contributed by atoms with Crippen molar-refractivity contribution in [3.63, 3.8) is 0 Å². The molecular weight excluding hydrogens is 370 g/mol. The number of hydrogen-bond donors (Lipinski definition) is 0. The minimum atomic E-state index is -0.532. The SMILES string of the molecule is COc1c(N2CCCN(C3CC3)C2=O)cc2c(c1C)CN(C(=O)OC(C)(C)C)C2. The third kappa shape index (κ3) is 3.74. The Morgan fingerprint density at radius 3 is 2.52 bits per heavy atom. The Morgan fingerprint density at radius 1 is 1.17 bits per heavy atom. The van der Waals surface area contributed by atoms with E-state index >= 15 is 0 Å². The van der Waals surface area contributed by atoms with Crippen LogP contribution in [0.25, 0.3) is 0 Å². The van der Waals surface area contributed by atoms with Gasteiger partial charge in [-0.2, -0.15) is 0 Å². The van der Waals surface area contributed by atoms with Crippen LogP contribution in [-0.4, -0.2) is 53.8 Å². The second-order valence-electron chi connectivity index (χ2n) is 9.24. The van der Waals surface area contributed by atoms with Crippen molar-refractivity contribution in [2.75, 3.05) is 25.1 Å². The number of anilines is 1. The summed E-state index contributed by atoms with van der Waals surface area (Å²) in [5.41, 5.74) is 3.41. The molecule has 0 radical (unpaired) electrons. The number of carbonyl (C=O) groups is 2. The van der Waals surface area contributed by atoms with Gasteiger partial charge in [0.25, 0.3) is 0 Å². The van der Waals surface area contributed by atoms with Gasteiger partial charge in [-0.25, -0.2) is 9.59 Å². The molecule has 1 aromatic carbocycles. The molecule has 0 N–H and O–H groups in total. The molecule has 0 unspecified atom stereocenters. The zero-order chi connectivity index (χ0) is 20.9. The number of urea groups is 1. The predicted octanol–water partition coefficient (Wildman–Crippen LogP) is 4.05. The van der Waals surface area contributed by atoms with Gasteiger partial charge in [0, 0.05) is 25.7 Å². The molecular formula is C22H31N3O4. The highest BCUT2D eigenvalue weighted by Gasteiger charge is 2.39. The summed E-state index contributed by atoms with van der Waals surface area (Å²) in [6.45, 7) is 10.1. The lowest BCUT2D eigenvalue weighted by Crippen LogP contribution is -2.50. The number of hydrogen-bond acceptors (Lipinski definition) is 4. The first-order chi connectivity index (χ1) is 13.7. The van der Waals surface area contributed by atoms with Crippen LogP contribution in [-0.2, 0) is 17.8 Å². The summed E-state index contributed by atoms with van der Waals surface area (Å²) in [5, 5.41) is 0. The molecule has 0 spiro atoms. The summed E-state index contributed by atoms with van der Waals surface area (Å²) in [6, 6.07) is 2.49. The molecule has 7 heteroatoms. The molecule has 4 rings (SSSR count). The highest BCUT2D eigenvalue weighted by Crippen LogP contribution is 2.42. The van der Waals surface area contributed by atoms with E-state index in [9.17, 15) is 9.59 Å². The summed E-state index contributed by atoms with van der Waals surface area (Å²) >= 11 is 0. The van der Waals surface area contributed by atoms with Crippen LogP contribution < -0.4 is 9.64 Å². The van der Waals surface area contributed by atoms with E-state index in [1.807, 2.05) is 43.6 Å². The van der Waals surface area contributed by atoms with E-state index in [0.717, 1.165) is 53.9 Å². The largest absolute Gasteiger partial charge is 0.494 e. The van der Waals surface area contributed by atoms with E-state index < -0.39 is 5.60 Å². The standard InChI is InChI=1S/C22H31N3O4/c1-14-17-13-23(21(27)29-22(2,3)4)12-15(17)11-18(19(14)28-5)25-10-6-9-24(20(25)26)16-7-8-16/h11,16H,6-10,12-13H2,1-5H3. The van der Waals surface area contributed by atoms with Crippen molar-refractivity contribution in [2.45, 2.75) is 71.7 Å². The van der Waals surface area contributed by atoms with Crippen molar-refractivity contribution in [3.05, 3.63) is 22.8 Å². The lowest BCUT2D eigenvalue weighted by molar-refractivity contribution is 0.0241. The number of nitrogens with zero attached hydrogens (tertiary/aromatic N) is 3. The predicted molar refractivity (Wildman–Crippen MR) is 110 cm³/mol. The second kappa shape index (κ2) is 7.11. The number of fused-ring (bicyclic) bond motifs is 1. The number of carbonyl (C=O) groups excluding carboxylic acids is 2. The van der Waals surface area contributed by atoms with Gasteiger partial charge < -0.3 is 14.4 Å². The molecule has 1 saturated carbocycles. The van der Waals surface area contributed by atoms with Crippen LogP contribution in [0.15, 0.2) is 6.07 Å². The van der Waals surface area contributed by atoms with Crippen molar-refractivity contribution in [1.82, 2.24) is 9.80 Å². The van der Waals surface area contributed by atoms with Gasteiger partial charge in [-0.1, -0.05) is 0 Å². The molecule has 0 atom stereocenters. The van der Waals surface area contributed by atoms with Crippen LogP contribution >= 0.6 is 0 Å². The highest BCUT2D eigenvalue weighted by atomic mass is 16.6. The average Bonchev–Trinajstić information content (AvgIpc) is 3.38. The average molecular weight is 402 g/mol. The van der Waals surface area contributed by atoms with Gasteiger partial charge in [0.2, 0.25) is 0 Å². The van der Waals surface area contributed by atoms with Gasteiger partial charge >= 0.3 is 12.1 Å². The van der Waals surface area contributed by atoms with Gasteiger partial charge in [-0.15, -0.1) is 0 Å². The van der Waals surface area contributed by atoms with Crippen LogP contribution in [0, 0.1) is 6.92 Å². The van der Waals surface area contributed by atoms with Crippen molar-refractivity contribution in [1.29, 1.82) is 0 Å². The Balaban J connectivity index is 1.63. The van der Waals surface area contributed by atoms with E-state index in [1.54, 1.807) is 12.0 Å². The quantitative estimate of drug-likeness (QED) is 0.767. The van der Waals surface area contributed by atoms with Gasteiger partial charge in [-0.05, 0) is 69.7 Å². The van der Waals surface area contributed by atoms with Crippen molar-refractivity contribution in [3.8, 4) is 5.75 Å². The molecule has 3 amide bonds. The smallest absolute Gasteiger partial charge is 0.410 e. The normalized spacial score (nSPS) is 19.5. The van der Waals surface area contributed by atoms with Crippen LogP contribution in [0.1, 0.15) is 56.7 Å². The summed E-state index contributed by atoms with van der Waals surface area (Å²) in [6.07, 6.45) is 2.84. The molecule has 1 aromatic rings. The summed E-state index contributed by atoms with van der Waals surface area (Å²) < 4.78 is 11.3. The molecule has 2 fully saturated rings. The Labute approximate surface area is 172 Å². The minimum absolute atomic E-state index is 0.0680. The second-order valence-corrected chi connectivity index (χ2v) is 9.24. The molecule has 1 aliphatic carbocycles. The van der Waals surface area contributed by atoms with Crippen LogP contribution in [0.2, 0.25) is 0 Å². The van der Waals surface area contributed by atoms with Crippen LogP contribution in [0.3, 0.4) is 0 Å². The monoisotopic (exact) mass is 401 g/mol. The zero-order valence-electron chi connectivity index (χ0n) is 18.1. The van der Waals surface area contributed by atoms with Gasteiger partial charge in [0.1, 0.15) is 11.4 Å². The number of methoxy groups -OCH3 is 1. The Hall–Kier alpha value is -2.44. The molecule has 2 aliphatic heterocycles. The van der Waals surface area contributed by atoms with Gasteiger partial charge in [0.15, 0.2) is 0 Å². The lowest BCUT2D eigenvalue weighted by Gasteiger charge is -2.36. The van der Waals surface area contributed by atoms with Gasteiger partial charge in [0.05, 0.1) is 19.3 Å². The Bertz CT molecular complexity index is 841. The third-order valence-electron chi connectivity index (χ3n) is 5.83. The minimum Gasteiger partial charge on any atom is -0.494 e. The van der Waals surface area contributed by atoms with Gasteiger partial charge in [-0.3, -0.25) is 9.80 Å². The maximum Gasteiger partial charge on any atom is 0.410 e. The number of benzene rings is 1. The maximum atomic E-state index is 13.1. The highest BCUT2D eigenvalue weighted by molar-refractivity contribution is 5.95. The number of ether oxygens (including phenoxy) is 2. The van der Waals surface area contributed by atoms with Crippen LogP contribution in [0.5, 0.6) is 5.75 Å². The van der Waals surface area contributed by atoms with E-state index in [0.29, 0.717) is 25.7 Å². The summed E-state index contributed by atoms with van der Waals surface area (Å²) in [4.78, 5) is 31.2. The first-order valence-corrected chi connectivity index (χ1v) is 10.4. The fourth-order valence-electron chi connectivity index (χ4n) is 4.31. The fourth-order valence-corrected chi connectivity index (χ4v) is 4.31. The molecule has 158 valence electrons. The first-order valence-electron chi connectivity index (χ1n) is 10.4. The van der Waals surface area contributed by atoms with E-state index in [1.165, 1.54) is 0 Å². The Kier molecular flexibility index (Phi) is 4.87. The van der Waals surface area contributed by atoms with Crippen molar-refractivity contribution < 1.29 is 19.1 Å². The van der Waals surface area contributed by atoms with E-state index in [-0.39, 0.29) is 12.1 Å². The molecule has 3 aliphatic rings. The lowest BCUT2D eigenvalue weighted by atomic mass is 10.0. The van der Waals surface area contributed by atoms with Crippen LogP contribution in [0.4, 0.5) is 15.3 Å². The molecule has 0 bridgehead atoms. The summed E-state index contributed by atoms with van der Waals surface area (Å²) in [7, 11) is 1.64. The Morgan fingerprint density at radius 2 is 1.90 bits per heavy atom. The fraction of sp³-hybridized carbons (Fsp3) is 0.636. The topological polar surface area (TPSA) is 62.3 Å². The molecule has 1 saturated heterocycles.